The molecule has 2 aromatic rings. The molecule has 2 N–H and O–H groups in total. The van der Waals surface area contributed by atoms with E-state index in [9.17, 15) is 13.6 Å². The number of carbonyl (C=O) groups excluding carboxylic acids is 1. The van der Waals surface area contributed by atoms with E-state index in [1.807, 2.05) is 31.2 Å². The first-order valence-corrected chi connectivity index (χ1v) is 9.43. The lowest BCUT2D eigenvalue weighted by Gasteiger charge is -2.29. The van der Waals surface area contributed by atoms with Gasteiger partial charge in [-0.3, -0.25) is 4.79 Å². The van der Waals surface area contributed by atoms with Gasteiger partial charge in [-0.2, -0.15) is 0 Å². The number of aliphatic imine (C=N–C) groups is 1. The van der Waals surface area contributed by atoms with Crippen LogP contribution in [0.25, 0.3) is 0 Å². The standard InChI is InChI=1S/C21H24F2N4O.HI/c1-2-24-21(25-13-16-12-17(22)9-10-18(16)23)26-14-20(28)27-11-5-7-15-6-3-4-8-19(15)27;/h3-4,6,8-10,12H,2,5,7,11,13-14H2,1H3,(H2,24,25,26);1H. The second kappa shape index (κ2) is 11.1. The molecule has 0 fully saturated rings. The summed E-state index contributed by atoms with van der Waals surface area (Å²) in [5.41, 5.74) is 2.28. The van der Waals surface area contributed by atoms with Crippen molar-refractivity contribution >= 4 is 41.5 Å². The molecule has 29 heavy (non-hydrogen) atoms. The van der Waals surface area contributed by atoms with Crippen molar-refractivity contribution < 1.29 is 13.6 Å². The van der Waals surface area contributed by atoms with Crippen LogP contribution in [0, 0.1) is 11.6 Å². The minimum atomic E-state index is -0.512. The Bertz CT molecular complexity index is 876. The fourth-order valence-corrected chi connectivity index (χ4v) is 3.22. The van der Waals surface area contributed by atoms with E-state index in [0.29, 0.717) is 19.0 Å². The molecule has 0 saturated heterocycles. The van der Waals surface area contributed by atoms with Gasteiger partial charge in [-0.15, -0.1) is 24.0 Å². The average molecular weight is 514 g/mol. The molecule has 3 rings (SSSR count). The summed E-state index contributed by atoms with van der Waals surface area (Å²) in [4.78, 5) is 18.8. The molecule has 0 aliphatic carbocycles. The van der Waals surface area contributed by atoms with Crippen LogP contribution in [0.1, 0.15) is 24.5 Å². The maximum absolute atomic E-state index is 13.8. The van der Waals surface area contributed by atoms with E-state index in [4.69, 9.17) is 0 Å². The molecule has 0 bridgehead atoms. The number of benzene rings is 2. The Kier molecular flexibility index (Phi) is 8.81. The molecule has 156 valence electrons. The summed E-state index contributed by atoms with van der Waals surface area (Å²) in [5, 5.41) is 6.00. The van der Waals surface area contributed by atoms with Gasteiger partial charge in [0, 0.05) is 24.3 Å². The predicted octanol–water partition coefficient (Wildman–Crippen LogP) is 3.62. The molecular weight excluding hydrogens is 489 g/mol. The minimum Gasteiger partial charge on any atom is -0.357 e. The normalized spacial score (nSPS) is 13.3. The van der Waals surface area contributed by atoms with Crippen LogP contribution in [0.4, 0.5) is 14.5 Å². The largest absolute Gasteiger partial charge is 0.357 e. The van der Waals surface area contributed by atoms with Crippen LogP contribution in [-0.2, 0) is 17.8 Å². The van der Waals surface area contributed by atoms with Gasteiger partial charge in [-0.25, -0.2) is 13.8 Å². The Hall–Kier alpha value is -2.23. The highest BCUT2D eigenvalue weighted by Gasteiger charge is 2.22. The van der Waals surface area contributed by atoms with Gasteiger partial charge in [0.25, 0.3) is 0 Å². The Morgan fingerprint density at radius 3 is 2.76 bits per heavy atom. The first kappa shape index (κ1) is 23.1. The maximum Gasteiger partial charge on any atom is 0.246 e. The highest BCUT2D eigenvalue weighted by atomic mass is 127. The van der Waals surface area contributed by atoms with Crippen molar-refractivity contribution in [3.8, 4) is 0 Å². The molecule has 1 aliphatic heterocycles. The third-order valence-corrected chi connectivity index (χ3v) is 4.58. The predicted molar refractivity (Wildman–Crippen MR) is 122 cm³/mol. The summed E-state index contributed by atoms with van der Waals surface area (Å²) in [5.74, 6) is -0.704. The first-order chi connectivity index (χ1) is 13.6. The number of anilines is 1. The van der Waals surface area contributed by atoms with Gasteiger partial charge in [0.05, 0.1) is 13.1 Å². The van der Waals surface area contributed by atoms with Gasteiger partial charge in [-0.05, 0) is 49.6 Å². The lowest BCUT2D eigenvalue weighted by Crippen LogP contribution is -2.46. The van der Waals surface area contributed by atoms with Gasteiger partial charge in [0.15, 0.2) is 5.96 Å². The number of nitrogens with zero attached hydrogens (tertiary/aromatic N) is 2. The first-order valence-electron chi connectivity index (χ1n) is 9.43. The van der Waals surface area contributed by atoms with Crippen LogP contribution < -0.4 is 15.5 Å². The number of rotatable bonds is 5. The highest BCUT2D eigenvalue weighted by molar-refractivity contribution is 14.0. The highest BCUT2D eigenvalue weighted by Crippen LogP contribution is 2.26. The van der Waals surface area contributed by atoms with Crippen LogP contribution in [0.3, 0.4) is 0 Å². The molecule has 0 spiro atoms. The van der Waals surface area contributed by atoms with Gasteiger partial charge in [0.1, 0.15) is 11.6 Å². The van der Waals surface area contributed by atoms with Crippen LogP contribution in [0.5, 0.6) is 0 Å². The lowest BCUT2D eigenvalue weighted by molar-refractivity contribution is -0.117. The van der Waals surface area contributed by atoms with Gasteiger partial charge < -0.3 is 15.5 Å². The van der Waals surface area contributed by atoms with Crippen molar-refractivity contribution in [2.45, 2.75) is 26.3 Å². The van der Waals surface area contributed by atoms with Crippen LogP contribution >= 0.6 is 24.0 Å². The third-order valence-electron chi connectivity index (χ3n) is 4.58. The second-order valence-electron chi connectivity index (χ2n) is 6.56. The maximum atomic E-state index is 13.8. The fourth-order valence-electron chi connectivity index (χ4n) is 3.22. The van der Waals surface area contributed by atoms with Crippen molar-refractivity contribution in [2.75, 3.05) is 24.5 Å². The monoisotopic (exact) mass is 514 g/mol. The van der Waals surface area contributed by atoms with E-state index in [-0.39, 0.29) is 48.5 Å². The number of hydrogen-bond acceptors (Lipinski definition) is 2. The molecule has 1 aliphatic rings. The van der Waals surface area contributed by atoms with E-state index in [2.05, 4.69) is 15.6 Å². The van der Waals surface area contributed by atoms with Crippen LogP contribution in [0.2, 0.25) is 0 Å². The summed E-state index contributed by atoms with van der Waals surface area (Å²) >= 11 is 0. The summed E-state index contributed by atoms with van der Waals surface area (Å²) < 4.78 is 27.1. The molecular formula is C21H25F2IN4O. The molecule has 8 heteroatoms. The van der Waals surface area contributed by atoms with Crippen molar-refractivity contribution in [3.05, 3.63) is 65.2 Å². The van der Waals surface area contributed by atoms with Crippen LogP contribution in [-0.4, -0.2) is 31.5 Å². The molecule has 0 atom stereocenters. The number of aryl methyl sites for hydroxylation is 1. The summed E-state index contributed by atoms with van der Waals surface area (Å²) in [7, 11) is 0. The number of halogens is 3. The summed E-state index contributed by atoms with van der Waals surface area (Å²) in [6.45, 7) is 3.19. The number of amides is 1. The fraction of sp³-hybridized carbons (Fsp3) is 0.333. The zero-order valence-electron chi connectivity index (χ0n) is 16.3. The second-order valence-corrected chi connectivity index (χ2v) is 6.56. The van der Waals surface area contributed by atoms with Crippen molar-refractivity contribution in [3.63, 3.8) is 0 Å². The van der Waals surface area contributed by atoms with E-state index >= 15 is 0 Å². The molecule has 2 aromatic carbocycles. The zero-order valence-corrected chi connectivity index (χ0v) is 18.6. The van der Waals surface area contributed by atoms with Gasteiger partial charge in [0.2, 0.25) is 5.91 Å². The van der Waals surface area contributed by atoms with Gasteiger partial charge >= 0.3 is 0 Å². The van der Waals surface area contributed by atoms with E-state index in [1.54, 1.807) is 4.90 Å². The van der Waals surface area contributed by atoms with Crippen molar-refractivity contribution in [1.29, 1.82) is 0 Å². The SMILES string of the molecule is CCNC(=NCc1cc(F)ccc1F)NCC(=O)N1CCCc2ccccc21.I. The minimum absolute atomic E-state index is 0. The van der Waals surface area contributed by atoms with Crippen molar-refractivity contribution in [2.24, 2.45) is 4.99 Å². The van der Waals surface area contributed by atoms with Crippen LogP contribution in [0.15, 0.2) is 47.5 Å². The molecule has 1 amide bonds. The molecule has 0 unspecified atom stereocenters. The number of para-hydroxylation sites is 1. The topological polar surface area (TPSA) is 56.7 Å². The van der Waals surface area contributed by atoms with Gasteiger partial charge in [-0.1, -0.05) is 18.2 Å². The van der Waals surface area contributed by atoms with Crippen molar-refractivity contribution in [1.82, 2.24) is 10.6 Å². The Labute approximate surface area is 186 Å². The summed E-state index contributed by atoms with van der Waals surface area (Å²) in [6.07, 6.45) is 1.90. The average Bonchev–Trinajstić information content (AvgIpc) is 2.71. The quantitative estimate of drug-likeness (QED) is 0.364. The molecule has 1 heterocycles. The Morgan fingerprint density at radius 2 is 1.97 bits per heavy atom. The number of hydrogen-bond donors (Lipinski definition) is 2. The zero-order chi connectivity index (χ0) is 19.9. The number of nitrogens with one attached hydrogen (secondary N) is 2. The molecule has 0 radical (unpaired) electrons. The van der Waals surface area contributed by atoms with E-state index < -0.39 is 11.6 Å². The van der Waals surface area contributed by atoms with E-state index in [1.165, 1.54) is 5.56 Å². The third kappa shape index (κ3) is 6.12. The lowest BCUT2D eigenvalue weighted by atomic mass is 10.0. The smallest absolute Gasteiger partial charge is 0.246 e. The number of guanidine groups is 1. The molecule has 5 nitrogen and oxygen atoms in total. The molecule has 0 saturated carbocycles. The van der Waals surface area contributed by atoms with E-state index in [0.717, 1.165) is 36.7 Å². The number of carbonyl (C=O) groups is 1. The Balaban J connectivity index is 0.00000300. The Morgan fingerprint density at radius 1 is 1.17 bits per heavy atom. The summed E-state index contributed by atoms with van der Waals surface area (Å²) in [6, 6.07) is 11.2. The molecule has 0 aromatic heterocycles. The number of fused-ring (bicyclic) bond motifs is 1.